The average molecular weight is 701 g/mol. The molecule has 9 aromatic carbocycles. The Kier molecular flexibility index (Phi) is 7.86. The van der Waals surface area contributed by atoms with Crippen LogP contribution in [0.5, 0.6) is 0 Å². The van der Waals surface area contributed by atoms with Crippen LogP contribution >= 0.6 is 0 Å². The fourth-order valence-electron chi connectivity index (χ4n) is 7.74. The lowest BCUT2D eigenvalue weighted by Crippen LogP contribution is -1.87. The van der Waals surface area contributed by atoms with E-state index in [1.54, 1.807) is 0 Å². The smallest absolute Gasteiger partial charge is 0.227 e. The molecule has 0 atom stereocenters. The maximum absolute atomic E-state index is 9.40. The van der Waals surface area contributed by atoms with Gasteiger partial charge in [-0.05, 0) is 108 Å². The van der Waals surface area contributed by atoms with Crippen molar-refractivity contribution in [3.63, 3.8) is 0 Å². The molecule has 0 aliphatic heterocycles. The number of nitriles is 1. The molecule has 0 amide bonds. The normalized spacial score (nSPS) is 11.3. The van der Waals surface area contributed by atoms with Crippen LogP contribution in [-0.4, -0.2) is 4.98 Å². The first-order valence-corrected chi connectivity index (χ1v) is 18.4. The predicted molar refractivity (Wildman–Crippen MR) is 226 cm³/mol. The van der Waals surface area contributed by atoms with Crippen LogP contribution in [0, 0.1) is 11.3 Å². The van der Waals surface area contributed by atoms with Gasteiger partial charge in [-0.3, -0.25) is 0 Å². The van der Waals surface area contributed by atoms with Crippen LogP contribution in [0.1, 0.15) is 5.56 Å². The Hall–Kier alpha value is -7.54. The van der Waals surface area contributed by atoms with E-state index < -0.39 is 0 Å². The summed E-state index contributed by atoms with van der Waals surface area (Å²) < 4.78 is 6.59. The Morgan fingerprint density at radius 1 is 0.382 bits per heavy atom. The number of oxazole rings is 1. The van der Waals surface area contributed by atoms with Crippen molar-refractivity contribution in [1.29, 1.82) is 5.26 Å². The summed E-state index contributed by atoms with van der Waals surface area (Å²) in [5.41, 5.74) is 14.1. The number of nitrogens with zero attached hydrogens (tertiary/aromatic N) is 2. The first-order valence-electron chi connectivity index (χ1n) is 18.4. The lowest BCUT2D eigenvalue weighted by atomic mass is 9.93. The molecule has 10 rings (SSSR count). The maximum Gasteiger partial charge on any atom is 0.227 e. The monoisotopic (exact) mass is 700 g/mol. The van der Waals surface area contributed by atoms with E-state index in [1.807, 2.05) is 36.4 Å². The third kappa shape index (κ3) is 5.93. The first kappa shape index (κ1) is 32.1. The van der Waals surface area contributed by atoms with Crippen molar-refractivity contribution in [2.24, 2.45) is 0 Å². The molecule has 1 aromatic heterocycles. The fraction of sp³-hybridized carbons (Fsp3) is 0. The summed E-state index contributed by atoms with van der Waals surface area (Å²) in [5, 5.41) is 14.3. The highest BCUT2D eigenvalue weighted by molar-refractivity contribution is 6.00. The van der Waals surface area contributed by atoms with E-state index in [-0.39, 0.29) is 0 Å². The molecule has 55 heavy (non-hydrogen) atoms. The molecule has 3 nitrogen and oxygen atoms in total. The molecule has 0 saturated heterocycles. The summed E-state index contributed by atoms with van der Waals surface area (Å²) in [6.07, 6.45) is 0. The SMILES string of the molecule is N#Cc1cccc(-c2ccc(-c3nc4c(-c5ccc(-c6cccc7ccccc67)cc5)cc(-c5ccc(-c6cccc7ccccc67)cc5)cc4o3)cc2)c1. The number of aromatic nitrogens is 1. The van der Waals surface area contributed by atoms with E-state index in [1.165, 1.54) is 43.8 Å². The second kappa shape index (κ2) is 13.5. The molecule has 0 unspecified atom stereocenters. The number of hydrogen-bond donors (Lipinski definition) is 0. The zero-order valence-electron chi connectivity index (χ0n) is 29.8. The average Bonchev–Trinajstić information content (AvgIpc) is 3.70. The molecule has 0 radical (unpaired) electrons. The van der Waals surface area contributed by atoms with Crippen molar-refractivity contribution < 1.29 is 4.42 Å². The lowest BCUT2D eigenvalue weighted by Gasteiger charge is -2.11. The van der Waals surface area contributed by atoms with E-state index in [9.17, 15) is 5.26 Å². The number of hydrogen-bond acceptors (Lipinski definition) is 3. The highest BCUT2D eigenvalue weighted by Gasteiger charge is 2.17. The van der Waals surface area contributed by atoms with Crippen LogP contribution in [-0.2, 0) is 0 Å². The minimum atomic E-state index is 0.560. The summed E-state index contributed by atoms with van der Waals surface area (Å²) in [6.45, 7) is 0. The van der Waals surface area contributed by atoms with Gasteiger partial charge in [-0.15, -0.1) is 0 Å². The second-order valence-electron chi connectivity index (χ2n) is 13.9. The van der Waals surface area contributed by atoms with E-state index in [2.05, 4.69) is 164 Å². The minimum absolute atomic E-state index is 0.560. The van der Waals surface area contributed by atoms with Crippen LogP contribution < -0.4 is 0 Å². The molecule has 1 heterocycles. The molecule has 10 aromatic rings. The van der Waals surface area contributed by atoms with Gasteiger partial charge < -0.3 is 4.42 Å². The Balaban J connectivity index is 1.07. The number of rotatable bonds is 6. The van der Waals surface area contributed by atoms with Crippen molar-refractivity contribution in [1.82, 2.24) is 4.98 Å². The standard InChI is InChI=1S/C52H32N2O/c53-33-34-8-5-13-43(30-34)35-20-28-42(29-21-35)52-54-51-49(41-26-24-40(25-27-41)48-17-7-12-38-10-2-4-15-46(38)48)31-44(32-50(51)55-52)36-18-22-39(23-19-36)47-16-6-11-37-9-1-3-14-45(37)47/h1-32H. The highest BCUT2D eigenvalue weighted by Crippen LogP contribution is 2.39. The largest absolute Gasteiger partial charge is 0.436 e. The van der Waals surface area contributed by atoms with Gasteiger partial charge in [0.25, 0.3) is 0 Å². The van der Waals surface area contributed by atoms with E-state index in [4.69, 9.17) is 9.40 Å². The third-order valence-corrected chi connectivity index (χ3v) is 10.6. The Labute approximate surface area is 319 Å². The zero-order valence-corrected chi connectivity index (χ0v) is 29.8. The number of benzene rings is 9. The van der Waals surface area contributed by atoms with E-state index in [0.29, 0.717) is 11.5 Å². The maximum atomic E-state index is 9.40. The van der Waals surface area contributed by atoms with Gasteiger partial charge in [-0.25, -0.2) is 4.98 Å². The van der Waals surface area contributed by atoms with Gasteiger partial charge in [-0.1, -0.05) is 158 Å². The van der Waals surface area contributed by atoms with Gasteiger partial charge in [0.2, 0.25) is 5.89 Å². The van der Waals surface area contributed by atoms with Gasteiger partial charge in [0, 0.05) is 11.1 Å². The fourth-order valence-corrected chi connectivity index (χ4v) is 7.74. The molecule has 256 valence electrons. The summed E-state index contributed by atoms with van der Waals surface area (Å²) in [6, 6.07) is 70.0. The molecular weight excluding hydrogens is 669 g/mol. The Morgan fingerprint density at radius 2 is 0.873 bits per heavy atom. The van der Waals surface area contributed by atoms with Crippen LogP contribution in [0.25, 0.3) is 99.7 Å². The van der Waals surface area contributed by atoms with Crippen LogP contribution in [0.2, 0.25) is 0 Å². The summed E-state index contributed by atoms with van der Waals surface area (Å²) in [7, 11) is 0. The van der Waals surface area contributed by atoms with Gasteiger partial charge in [0.15, 0.2) is 5.58 Å². The van der Waals surface area contributed by atoms with Crippen molar-refractivity contribution >= 4 is 32.6 Å². The van der Waals surface area contributed by atoms with Crippen LogP contribution in [0.3, 0.4) is 0 Å². The molecule has 3 heteroatoms. The molecule has 0 N–H and O–H groups in total. The molecule has 0 fully saturated rings. The van der Waals surface area contributed by atoms with Gasteiger partial charge in [-0.2, -0.15) is 5.26 Å². The van der Waals surface area contributed by atoms with Crippen molar-refractivity contribution in [2.45, 2.75) is 0 Å². The third-order valence-electron chi connectivity index (χ3n) is 10.6. The van der Waals surface area contributed by atoms with Gasteiger partial charge in [0.05, 0.1) is 11.6 Å². The van der Waals surface area contributed by atoms with E-state index >= 15 is 0 Å². The summed E-state index contributed by atoms with van der Waals surface area (Å²) >= 11 is 0. The van der Waals surface area contributed by atoms with Crippen molar-refractivity contribution in [3.05, 3.63) is 200 Å². The van der Waals surface area contributed by atoms with Gasteiger partial charge >= 0.3 is 0 Å². The van der Waals surface area contributed by atoms with Crippen molar-refractivity contribution in [3.8, 4) is 73.2 Å². The Morgan fingerprint density at radius 3 is 1.47 bits per heavy atom. The molecule has 0 saturated carbocycles. The second-order valence-corrected chi connectivity index (χ2v) is 13.9. The molecule has 0 aliphatic carbocycles. The van der Waals surface area contributed by atoms with Gasteiger partial charge in [0.1, 0.15) is 5.52 Å². The highest BCUT2D eigenvalue weighted by atomic mass is 16.3. The van der Waals surface area contributed by atoms with E-state index in [0.717, 1.165) is 50.0 Å². The topological polar surface area (TPSA) is 49.8 Å². The summed E-state index contributed by atoms with van der Waals surface area (Å²) in [5.74, 6) is 0.560. The van der Waals surface area contributed by atoms with Crippen molar-refractivity contribution in [2.75, 3.05) is 0 Å². The zero-order chi connectivity index (χ0) is 36.7. The molecular formula is C52H32N2O. The summed E-state index contributed by atoms with van der Waals surface area (Å²) in [4.78, 5) is 5.12. The molecule has 0 bridgehead atoms. The molecule has 0 spiro atoms. The van der Waals surface area contributed by atoms with Crippen LogP contribution in [0.15, 0.2) is 199 Å². The minimum Gasteiger partial charge on any atom is -0.436 e. The first-order chi connectivity index (χ1) is 27.2. The lowest BCUT2D eigenvalue weighted by molar-refractivity contribution is 0.620. The Bertz CT molecular complexity index is 3060. The molecule has 0 aliphatic rings. The van der Waals surface area contributed by atoms with Crippen LogP contribution in [0.4, 0.5) is 0 Å². The number of fused-ring (bicyclic) bond motifs is 3. The predicted octanol–water partition coefficient (Wildman–Crippen LogP) is 14.0. The quantitative estimate of drug-likeness (QED) is 0.173.